The highest BCUT2D eigenvalue weighted by Crippen LogP contribution is 2.13. The van der Waals surface area contributed by atoms with E-state index in [1.54, 1.807) is 20.1 Å². The minimum Gasteiger partial charge on any atom is -0.383 e. The minimum absolute atomic E-state index is 0.278. The Morgan fingerprint density at radius 1 is 1.53 bits per heavy atom. The van der Waals surface area contributed by atoms with Crippen molar-refractivity contribution >= 4 is 0 Å². The number of methoxy groups -OCH3 is 1. The summed E-state index contributed by atoms with van der Waals surface area (Å²) < 4.78 is 17.9. The number of ether oxygens (including phenoxy) is 1. The Kier molecular flexibility index (Phi) is 5.08. The fourth-order valence-corrected chi connectivity index (χ4v) is 1.63. The lowest BCUT2D eigenvalue weighted by atomic mass is 9.94. The van der Waals surface area contributed by atoms with Gasteiger partial charge in [0.1, 0.15) is 11.4 Å². The first-order valence-electron chi connectivity index (χ1n) is 5.49. The summed E-state index contributed by atoms with van der Waals surface area (Å²) in [6.07, 6.45) is 0.463. The van der Waals surface area contributed by atoms with E-state index in [0.29, 0.717) is 19.6 Å². The third-order valence-corrected chi connectivity index (χ3v) is 2.51. The molecule has 3 nitrogen and oxygen atoms in total. The van der Waals surface area contributed by atoms with Gasteiger partial charge in [-0.2, -0.15) is 5.26 Å². The summed E-state index contributed by atoms with van der Waals surface area (Å²) in [4.78, 5) is 0. The first kappa shape index (κ1) is 13.6. The Labute approximate surface area is 101 Å². The van der Waals surface area contributed by atoms with E-state index in [0.717, 1.165) is 5.56 Å². The summed E-state index contributed by atoms with van der Waals surface area (Å²) in [6.45, 7) is 2.93. The number of hydrogen-bond acceptors (Lipinski definition) is 3. The van der Waals surface area contributed by atoms with E-state index in [1.165, 1.54) is 12.1 Å². The first-order chi connectivity index (χ1) is 8.09. The third-order valence-electron chi connectivity index (χ3n) is 2.51. The van der Waals surface area contributed by atoms with Gasteiger partial charge in [-0.25, -0.2) is 4.39 Å². The van der Waals surface area contributed by atoms with Gasteiger partial charge >= 0.3 is 0 Å². The third kappa shape index (κ3) is 4.51. The van der Waals surface area contributed by atoms with Crippen LogP contribution < -0.4 is 5.32 Å². The molecule has 1 aromatic rings. The molecule has 92 valence electrons. The Hall–Kier alpha value is -1.44. The van der Waals surface area contributed by atoms with Crippen molar-refractivity contribution < 1.29 is 9.13 Å². The van der Waals surface area contributed by atoms with Crippen molar-refractivity contribution in [1.29, 1.82) is 5.26 Å². The zero-order valence-electron chi connectivity index (χ0n) is 10.2. The van der Waals surface area contributed by atoms with E-state index >= 15 is 0 Å². The molecule has 0 aliphatic carbocycles. The summed E-state index contributed by atoms with van der Waals surface area (Å²) in [5, 5.41) is 12.3. The quantitative estimate of drug-likeness (QED) is 0.767. The van der Waals surface area contributed by atoms with Crippen LogP contribution in [0.1, 0.15) is 12.5 Å². The zero-order valence-corrected chi connectivity index (χ0v) is 10.2. The smallest absolute Gasteiger partial charge is 0.123 e. The van der Waals surface area contributed by atoms with E-state index in [9.17, 15) is 4.39 Å². The van der Waals surface area contributed by atoms with E-state index < -0.39 is 5.54 Å². The van der Waals surface area contributed by atoms with Crippen molar-refractivity contribution in [1.82, 2.24) is 5.32 Å². The van der Waals surface area contributed by atoms with Crippen molar-refractivity contribution in [3.8, 4) is 6.07 Å². The highest BCUT2D eigenvalue weighted by atomic mass is 19.1. The van der Waals surface area contributed by atoms with Crippen molar-refractivity contribution in [2.45, 2.75) is 18.9 Å². The van der Waals surface area contributed by atoms with Crippen LogP contribution in [0.2, 0.25) is 0 Å². The molecule has 4 heteroatoms. The van der Waals surface area contributed by atoms with Crippen molar-refractivity contribution in [3.63, 3.8) is 0 Å². The van der Waals surface area contributed by atoms with Crippen LogP contribution in [0.25, 0.3) is 0 Å². The summed E-state index contributed by atoms with van der Waals surface area (Å²) in [5.41, 5.74) is 0.103. The molecule has 0 saturated heterocycles. The van der Waals surface area contributed by atoms with Gasteiger partial charge < -0.3 is 4.74 Å². The summed E-state index contributed by atoms with van der Waals surface area (Å²) in [6, 6.07) is 8.53. The molecule has 0 aliphatic heterocycles. The van der Waals surface area contributed by atoms with E-state index in [-0.39, 0.29) is 5.82 Å². The van der Waals surface area contributed by atoms with E-state index in [2.05, 4.69) is 11.4 Å². The van der Waals surface area contributed by atoms with Crippen molar-refractivity contribution in [2.24, 2.45) is 0 Å². The maximum Gasteiger partial charge on any atom is 0.123 e. The molecule has 0 aliphatic rings. The second-order valence-electron chi connectivity index (χ2n) is 4.17. The standard InChI is InChI=1S/C13H17FN2O/c1-13(10-15,16-6-7-17-2)9-11-4-3-5-12(14)8-11/h3-5,8,16H,6-7,9H2,1-2H3. The largest absolute Gasteiger partial charge is 0.383 e. The predicted molar refractivity (Wildman–Crippen MR) is 64.0 cm³/mol. The van der Waals surface area contributed by atoms with Crippen molar-refractivity contribution in [3.05, 3.63) is 35.6 Å². The van der Waals surface area contributed by atoms with Crippen LogP contribution in [0.5, 0.6) is 0 Å². The molecule has 1 aromatic carbocycles. The molecule has 0 aromatic heterocycles. The molecule has 0 spiro atoms. The number of rotatable bonds is 6. The molecular weight excluding hydrogens is 219 g/mol. The number of nitriles is 1. The lowest BCUT2D eigenvalue weighted by Crippen LogP contribution is -2.44. The lowest BCUT2D eigenvalue weighted by molar-refractivity contribution is 0.192. The molecule has 0 fully saturated rings. The summed E-state index contributed by atoms with van der Waals surface area (Å²) in [5.74, 6) is -0.278. The SMILES string of the molecule is COCCNC(C)(C#N)Cc1cccc(F)c1. The number of benzene rings is 1. The van der Waals surface area contributed by atoms with Gasteiger partial charge in [-0.15, -0.1) is 0 Å². The first-order valence-corrected chi connectivity index (χ1v) is 5.49. The molecule has 0 bridgehead atoms. The van der Waals surface area contributed by atoms with Gasteiger partial charge in [-0.05, 0) is 24.6 Å². The molecule has 1 N–H and O–H groups in total. The molecule has 1 unspecified atom stereocenters. The fraction of sp³-hybridized carbons (Fsp3) is 0.462. The molecule has 0 amide bonds. The van der Waals surface area contributed by atoms with Gasteiger partial charge in [-0.1, -0.05) is 12.1 Å². The molecule has 17 heavy (non-hydrogen) atoms. The lowest BCUT2D eigenvalue weighted by Gasteiger charge is -2.23. The summed E-state index contributed by atoms with van der Waals surface area (Å²) in [7, 11) is 1.61. The van der Waals surface area contributed by atoms with E-state index in [4.69, 9.17) is 10.00 Å². The van der Waals surface area contributed by atoms with Crippen LogP contribution in [-0.2, 0) is 11.2 Å². The van der Waals surface area contributed by atoms with Gasteiger partial charge in [0, 0.05) is 20.1 Å². The minimum atomic E-state index is -0.702. The molecule has 0 radical (unpaired) electrons. The average molecular weight is 236 g/mol. The van der Waals surface area contributed by atoms with Crippen LogP contribution in [0, 0.1) is 17.1 Å². The van der Waals surface area contributed by atoms with E-state index in [1.807, 2.05) is 6.07 Å². The molecule has 0 heterocycles. The number of halogens is 1. The van der Waals surface area contributed by atoms with Gasteiger partial charge in [0.05, 0.1) is 12.7 Å². The number of hydrogen-bond donors (Lipinski definition) is 1. The number of nitrogens with zero attached hydrogens (tertiary/aromatic N) is 1. The maximum absolute atomic E-state index is 13.0. The highest BCUT2D eigenvalue weighted by Gasteiger charge is 2.23. The van der Waals surface area contributed by atoms with Crippen LogP contribution in [0.15, 0.2) is 24.3 Å². The molecule has 1 atom stereocenters. The van der Waals surface area contributed by atoms with Crippen LogP contribution in [0.3, 0.4) is 0 Å². The molecular formula is C13H17FN2O. The summed E-state index contributed by atoms with van der Waals surface area (Å²) >= 11 is 0. The number of nitrogens with one attached hydrogen (secondary N) is 1. The van der Waals surface area contributed by atoms with Crippen molar-refractivity contribution in [2.75, 3.05) is 20.3 Å². The van der Waals surface area contributed by atoms with Gasteiger partial charge in [0.2, 0.25) is 0 Å². The van der Waals surface area contributed by atoms with Gasteiger partial charge in [0.15, 0.2) is 0 Å². The normalized spacial score (nSPS) is 14.0. The fourth-order valence-electron chi connectivity index (χ4n) is 1.63. The maximum atomic E-state index is 13.0. The zero-order chi connectivity index (χ0) is 12.7. The Balaban J connectivity index is 2.65. The Morgan fingerprint density at radius 3 is 2.88 bits per heavy atom. The van der Waals surface area contributed by atoms with Crippen LogP contribution >= 0.6 is 0 Å². The Bertz CT molecular complexity index is 403. The second kappa shape index (κ2) is 6.33. The van der Waals surface area contributed by atoms with Crippen LogP contribution in [-0.4, -0.2) is 25.8 Å². The van der Waals surface area contributed by atoms with Gasteiger partial charge in [-0.3, -0.25) is 5.32 Å². The Morgan fingerprint density at radius 2 is 2.29 bits per heavy atom. The molecule has 0 saturated carbocycles. The van der Waals surface area contributed by atoms with Gasteiger partial charge in [0.25, 0.3) is 0 Å². The monoisotopic (exact) mass is 236 g/mol. The topological polar surface area (TPSA) is 45.0 Å². The van der Waals surface area contributed by atoms with Crippen LogP contribution in [0.4, 0.5) is 4.39 Å². The average Bonchev–Trinajstić information content (AvgIpc) is 2.29. The predicted octanol–water partition coefficient (Wildman–Crippen LogP) is 1.89. The second-order valence-corrected chi connectivity index (χ2v) is 4.17. The molecule has 1 rings (SSSR count). The highest BCUT2D eigenvalue weighted by molar-refractivity contribution is 5.22.